The molecule has 2 atom stereocenters. The summed E-state index contributed by atoms with van der Waals surface area (Å²) in [6.45, 7) is 0.362. The zero-order valence-corrected chi connectivity index (χ0v) is 13.2. The first kappa shape index (κ1) is 15.0. The second-order valence-electron chi connectivity index (χ2n) is 6.13. The Bertz CT molecular complexity index is 1170. The topological polar surface area (TPSA) is 117 Å². The number of aromatic nitrogens is 5. The summed E-state index contributed by atoms with van der Waals surface area (Å²) < 4.78 is 18.2. The first-order valence-electron chi connectivity index (χ1n) is 7.93. The maximum Gasteiger partial charge on any atom is 0.339 e. The van der Waals surface area contributed by atoms with Gasteiger partial charge in [-0.15, -0.1) is 0 Å². The molecule has 4 heterocycles. The zero-order chi connectivity index (χ0) is 17.8. The van der Waals surface area contributed by atoms with E-state index in [1.165, 1.54) is 12.4 Å². The molecule has 3 aromatic heterocycles. The number of rotatable bonds is 3. The van der Waals surface area contributed by atoms with Crippen molar-refractivity contribution in [1.82, 2.24) is 25.1 Å². The molecule has 130 valence electrons. The Balaban J connectivity index is 1.61. The lowest BCUT2D eigenvalue weighted by Gasteiger charge is -2.30. The van der Waals surface area contributed by atoms with E-state index in [2.05, 4.69) is 25.1 Å². The quantitative estimate of drug-likeness (QED) is 0.521. The molecule has 0 aliphatic carbocycles. The van der Waals surface area contributed by atoms with E-state index in [1.807, 2.05) is 18.2 Å². The monoisotopic (exact) mass is 353 g/mol. The van der Waals surface area contributed by atoms with Crippen LogP contribution in [0.3, 0.4) is 0 Å². The van der Waals surface area contributed by atoms with Crippen molar-refractivity contribution in [2.24, 2.45) is 0 Å². The van der Waals surface area contributed by atoms with Gasteiger partial charge in [0.2, 0.25) is 6.36 Å². The summed E-state index contributed by atoms with van der Waals surface area (Å²) in [6.07, 6.45) is 1.62. The second kappa shape index (κ2) is 5.33. The maximum absolute atomic E-state index is 13.4. The molecule has 1 aliphatic heterocycles. The molecule has 0 amide bonds. The normalized spacial score (nSPS) is 19.7. The first-order valence-corrected chi connectivity index (χ1v) is 7.93. The molecule has 0 saturated carbocycles. The number of alkyl halides is 1. The minimum atomic E-state index is -1.27. The van der Waals surface area contributed by atoms with Gasteiger partial charge in [-0.25, -0.2) is 19.2 Å². The number of H-pyrrole nitrogens is 2. The highest BCUT2D eigenvalue weighted by molar-refractivity contribution is 6.01. The summed E-state index contributed by atoms with van der Waals surface area (Å²) in [7, 11) is 0. The molecule has 0 bridgehead atoms. The lowest BCUT2D eigenvalue weighted by atomic mass is 9.95. The number of hydrogen-bond acceptors (Lipinski definition) is 5. The molecule has 3 N–H and O–H groups in total. The van der Waals surface area contributed by atoms with Crippen LogP contribution in [0.15, 0.2) is 30.6 Å². The number of aromatic amines is 2. The van der Waals surface area contributed by atoms with E-state index in [-0.39, 0.29) is 17.0 Å². The van der Waals surface area contributed by atoms with E-state index in [1.54, 1.807) is 0 Å². The number of nitrogens with zero attached hydrogens (tertiary/aromatic N) is 3. The van der Waals surface area contributed by atoms with Crippen LogP contribution < -0.4 is 0 Å². The van der Waals surface area contributed by atoms with Gasteiger partial charge in [-0.05, 0) is 11.6 Å². The Morgan fingerprint density at radius 2 is 2.27 bits per heavy atom. The Labute approximate surface area is 145 Å². The van der Waals surface area contributed by atoms with E-state index in [0.29, 0.717) is 23.6 Å². The smallest absolute Gasteiger partial charge is 0.339 e. The van der Waals surface area contributed by atoms with Crippen LogP contribution in [0.25, 0.3) is 33.5 Å². The largest absolute Gasteiger partial charge is 0.478 e. The minimum absolute atomic E-state index is 0.0513. The maximum atomic E-state index is 13.4. The number of carbonyl (C=O) groups is 1. The Morgan fingerprint density at radius 1 is 1.38 bits per heavy atom. The number of benzene rings is 1. The third-order valence-corrected chi connectivity index (χ3v) is 4.62. The van der Waals surface area contributed by atoms with Crippen molar-refractivity contribution in [3.8, 4) is 11.4 Å². The highest BCUT2D eigenvalue weighted by Crippen LogP contribution is 2.35. The van der Waals surface area contributed by atoms with Gasteiger partial charge in [0, 0.05) is 11.6 Å². The fourth-order valence-electron chi connectivity index (χ4n) is 3.14. The number of hydrogen-bond donors (Lipinski definition) is 3. The van der Waals surface area contributed by atoms with E-state index >= 15 is 0 Å². The van der Waals surface area contributed by atoms with Gasteiger partial charge in [0.15, 0.2) is 5.65 Å². The van der Waals surface area contributed by atoms with Gasteiger partial charge in [-0.1, -0.05) is 12.1 Å². The van der Waals surface area contributed by atoms with E-state index < -0.39 is 12.3 Å². The fraction of sp³-hybridized carbons (Fsp3) is 0.176. The lowest BCUT2D eigenvalue weighted by Crippen LogP contribution is -2.33. The number of nitrogens with one attached hydrogen (secondary N) is 2. The summed E-state index contributed by atoms with van der Waals surface area (Å²) in [6, 6.07) is 5.53. The SMILES string of the molecule is O=C(O)c1c[nH]c2ncc(-c3n[nH]c4cc(C5COC5F)ccc34)nc12. The molecule has 1 aromatic carbocycles. The van der Waals surface area contributed by atoms with Crippen LogP contribution in [0.1, 0.15) is 21.8 Å². The second-order valence-corrected chi connectivity index (χ2v) is 6.13. The number of aromatic carboxylic acids is 1. The molecule has 8 nitrogen and oxygen atoms in total. The number of halogens is 1. The summed E-state index contributed by atoms with van der Waals surface area (Å²) in [5.41, 5.74) is 3.31. The van der Waals surface area contributed by atoms with Crippen molar-refractivity contribution in [1.29, 1.82) is 0 Å². The van der Waals surface area contributed by atoms with Crippen LogP contribution in [0.4, 0.5) is 4.39 Å². The summed E-state index contributed by atoms with van der Waals surface area (Å²) in [5.74, 6) is -1.34. The van der Waals surface area contributed by atoms with Crippen molar-refractivity contribution < 1.29 is 19.0 Å². The average Bonchev–Trinajstić information content (AvgIpc) is 3.23. The van der Waals surface area contributed by atoms with Gasteiger partial charge >= 0.3 is 5.97 Å². The number of ether oxygens (including phenoxy) is 1. The predicted octanol–water partition coefficient (Wildman–Crippen LogP) is 2.61. The van der Waals surface area contributed by atoms with Gasteiger partial charge in [-0.3, -0.25) is 5.10 Å². The van der Waals surface area contributed by atoms with Crippen LogP contribution >= 0.6 is 0 Å². The molecular weight excluding hydrogens is 341 g/mol. The molecule has 0 spiro atoms. The van der Waals surface area contributed by atoms with Crippen molar-refractivity contribution in [2.75, 3.05) is 6.61 Å². The Hall–Kier alpha value is -3.33. The van der Waals surface area contributed by atoms with Gasteiger partial charge in [0.05, 0.1) is 24.2 Å². The lowest BCUT2D eigenvalue weighted by molar-refractivity contribution is -0.154. The Morgan fingerprint density at radius 3 is 3.00 bits per heavy atom. The molecule has 1 aliphatic rings. The van der Waals surface area contributed by atoms with Crippen LogP contribution in [0.5, 0.6) is 0 Å². The van der Waals surface area contributed by atoms with E-state index in [4.69, 9.17) is 4.74 Å². The van der Waals surface area contributed by atoms with Crippen LogP contribution in [-0.4, -0.2) is 49.2 Å². The van der Waals surface area contributed by atoms with Crippen LogP contribution in [0, 0.1) is 0 Å². The molecule has 5 rings (SSSR count). The molecule has 26 heavy (non-hydrogen) atoms. The zero-order valence-electron chi connectivity index (χ0n) is 13.2. The molecule has 4 aromatic rings. The van der Waals surface area contributed by atoms with Crippen molar-refractivity contribution in [3.05, 3.63) is 41.7 Å². The van der Waals surface area contributed by atoms with Crippen molar-refractivity contribution >= 4 is 28.0 Å². The fourth-order valence-corrected chi connectivity index (χ4v) is 3.14. The highest BCUT2D eigenvalue weighted by atomic mass is 19.1. The predicted molar refractivity (Wildman–Crippen MR) is 89.5 cm³/mol. The molecule has 0 radical (unpaired) electrons. The minimum Gasteiger partial charge on any atom is -0.478 e. The standard InChI is InChI=1S/C17H12FN5O3/c18-15-10(6-26-15)7-1-2-8-11(3-7)22-23-13(8)12-5-20-16-14(21-12)9(4-19-16)17(24)25/h1-5,10,15H,6H2,(H,19,20)(H,22,23)(H,24,25). The highest BCUT2D eigenvalue weighted by Gasteiger charge is 2.33. The number of carboxylic acids is 1. The van der Waals surface area contributed by atoms with Gasteiger partial charge in [0.1, 0.15) is 22.5 Å². The summed E-state index contributed by atoms with van der Waals surface area (Å²) in [4.78, 5) is 22.7. The molecule has 2 unspecified atom stereocenters. The molecule has 1 saturated heterocycles. The van der Waals surface area contributed by atoms with Crippen LogP contribution in [0.2, 0.25) is 0 Å². The van der Waals surface area contributed by atoms with Crippen molar-refractivity contribution in [3.63, 3.8) is 0 Å². The average molecular weight is 353 g/mol. The summed E-state index contributed by atoms with van der Waals surface area (Å²) in [5, 5.41) is 17.2. The van der Waals surface area contributed by atoms with Crippen molar-refractivity contribution in [2.45, 2.75) is 12.3 Å². The van der Waals surface area contributed by atoms with Gasteiger partial charge in [-0.2, -0.15) is 5.10 Å². The molecular formula is C17H12FN5O3. The Kier molecular flexibility index (Phi) is 3.07. The van der Waals surface area contributed by atoms with E-state index in [9.17, 15) is 14.3 Å². The molecule has 1 fully saturated rings. The summed E-state index contributed by atoms with van der Waals surface area (Å²) >= 11 is 0. The van der Waals surface area contributed by atoms with Crippen LogP contribution in [-0.2, 0) is 4.74 Å². The number of fused-ring (bicyclic) bond motifs is 2. The third-order valence-electron chi connectivity index (χ3n) is 4.62. The van der Waals surface area contributed by atoms with Gasteiger partial charge < -0.3 is 14.8 Å². The third kappa shape index (κ3) is 2.10. The molecule has 9 heteroatoms. The first-order chi connectivity index (χ1) is 12.6. The number of carboxylic acid groups (broad SMARTS) is 1. The van der Waals surface area contributed by atoms with E-state index in [0.717, 1.165) is 16.5 Å². The van der Waals surface area contributed by atoms with Gasteiger partial charge in [0.25, 0.3) is 0 Å².